The van der Waals surface area contributed by atoms with Gasteiger partial charge in [0.25, 0.3) is 5.91 Å². The fourth-order valence-electron chi connectivity index (χ4n) is 2.52. The first-order chi connectivity index (χ1) is 12.7. The summed E-state index contributed by atoms with van der Waals surface area (Å²) in [4.78, 5) is 22.9. The highest BCUT2D eigenvalue weighted by atomic mass is 35.5. The first-order valence-corrected chi connectivity index (χ1v) is 8.71. The molecule has 1 amide bonds. The van der Waals surface area contributed by atoms with E-state index >= 15 is 0 Å². The summed E-state index contributed by atoms with van der Waals surface area (Å²) in [5, 5.41) is 3.81. The molecule has 3 rings (SSSR count). The first kappa shape index (κ1) is 17.9. The van der Waals surface area contributed by atoms with E-state index in [0.717, 1.165) is 11.3 Å². The Balaban J connectivity index is 1.75. The molecular weight excluding hydrogens is 348 g/mol. The summed E-state index contributed by atoms with van der Waals surface area (Å²) in [6.45, 7) is 3.09. The predicted molar refractivity (Wildman–Crippen MR) is 104 cm³/mol. The lowest BCUT2D eigenvalue weighted by Gasteiger charge is -2.20. The Hall–Kier alpha value is -2.92. The summed E-state index contributed by atoms with van der Waals surface area (Å²) >= 11 is 5.90. The van der Waals surface area contributed by atoms with Crippen LogP contribution in [0.25, 0.3) is 0 Å². The zero-order chi connectivity index (χ0) is 18.4. The van der Waals surface area contributed by atoms with E-state index in [9.17, 15) is 4.79 Å². The van der Waals surface area contributed by atoms with Gasteiger partial charge in [-0.3, -0.25) is 4.79 Å². The van der Waals surface area contributed by atoms with Gasteiger partial charge in [0, 0.05) is 29.9 Å². The van der Waals surface area contributed by atoms with E-state index in [-0.39, 0.29) is 5.91 Å². The topological polar surface area (TPSA) is 58.1 Å². The summed E-state index contributed by atoms with van der Waals surface area (Å²) in [6.07, 6.45) is 1.39. The Morgan fingerprint density at radius 3 is 2.50 bits per heavy atom. The van der Waals surface area contributed by atoms with Gasteiger partial charge in [0.2, 0.25) is 0 Å². The van der Waals surface area contributed by atoms with Crippen LogP contribution in [0.15, 0.2) is 67.0 Å². The van der Waals surface area contributed by atoms with Gasteiger partial charge in [0.15, 0.2) is 0 Å². The number of anilines is 2. The van der Waals surface area contributed by atoms with Crippen molar-refractivity contribution in [3.63, 3.8) is 0 Å². The smallest absolute Gasteiger partial charge is 0.272 e. The number of hydrogen-bond acceptors (Lipinski definition) is 4. The van der Waals surface area contributed by atoms with E-state index in [0.29, 0.717) is 29.6 Å². The molecule has 0 spiro atoms. The molecule has 2 aromatic carbocycles. The molecule has 5 nitrogen and oxygen atoms in total. The molecule has 0 aliphatic heterocycles. The lowest BCUT2D eigenvalue weighted by Crippen LogP contribution is -2.31. The Morgan fingerprint density at radius 2 is 1.81 bits per heavy atom. The van der Waals surface area contributed by atoms with E-state index in [1.807, 2.05) is 49.4 Å². The van der Waals surface area contributed by atoms with Crippen LogP contribution in [-0.2, 0) is 6.54 Å². The third-order valence-corrected chi connectivity index (χ3v) is 4.14. The maximum Gasteiger partial charge on any atom is 0.272 e. The highest BCUT2D eigenvalue weighted by molar-refractivity contribution is 6.30. The van der Waals surface area contributed by atoms with Gasteiger partial charge in [-0.15, -0.1) is 0 Å². The maximum atomic E-state index is 12.8. The summed E-state index contributed by atoms with van der Waals surface area (Å²) in [5.74, 6) is 0.430. The molecule has 0 atom stereocenters. The molecule has 0 saturated heterocycles. The monoisotopic (exact) mass is 366 g/mol. The summed E-state index contributed by atoms with van der Waals surface area (Å²) in [5.41, 5.74) is 2.27. The third kappa shape index (κ3) is 4.58. The molecule has 0 aliphatic rings. The van der Waals surface area contributed by atoms with E-state index < -0.39 is 0 Å². The molecule has 1 heterocycles. The molecule has 0 bridgehead atoms. The minimum absolute atomic E-state index is 0.127. The Bertz CT molecular complexity index is 868. The van der Waals surface area contributed by atoms with Crippen molar-refractivity contribution in [3.05, 3.63) is 83.3 Å². The minimum atomic E-state index is -0.127. The van der Waals surface area contributed by atoms with Crippen molar-refractivity contribution in [3.8, 4) is 0 Å². The second-order valence-electron chi connectivity index (χ2n) is 5.73. The molecule has 0 radical (unpaired) electrons. The Morgan fingerprint density at radius 1 is 1.08 bits per heavy atom. The van der Waals surface area contributed by atoms with Crippen LogP contribution in [0.4, 0.5) is 11.5 Å². The normalized spacial score (nSPS) is 10.4. The number of halogens is 1. The molecule has 26 heavy (non-hydrogen) atoms. The highest BCUT2D eigenvalue weighted by Crippen LogP contribution is 2.18. The van der Waals surface area contributed by atoms with E-state index in [2.05, 4.69) is 15.3 Å². The Kier molecular flexibility index (Phi) is 5.81. The van der Waals surface area contributed by atoms with E-state index in [1.54, 1.807) is 23.1 Å². The van der Waals surface area contributed by atoms with Crippen LogP contribution in [-0.4, -0.2) is 27.3 Å². The van der Waals surface area contributed by atoms with Gasteiger partial charge < -0.3 is 10.2 Å². The zero-order valence-corrected chi connectivity index (χ0v) is 15.1. The molecule has 3 aromatic rings. The zero-order valence-electron chi connectivity index (χ0n) is 14.4. The number of nitrogens with zero attached hydrogens (tertiary/aromatic N) is 3. The maximum absolute atomic E-state index is 12.8. The molecule has 0 saturated carbocycles. The fourth-order valence-corrected chi connectivity index (χ4v) is 2.64. The quantitative estimate of drug-likeness (QED) is 0.696. The first-order valence-electron chi connectivity index (χ1n) is 8.33. The minimum Gasteiger partial charge on any atom is -0.340 e. The standard InChI is InChI=1S/C20H19ClN4O/c1-2-25(13-15-6-4-3-5-7-15)20(26)18-12-19(23-14-22-18)24-17-10-8-16(21)9-11-17/h3-12,14H,2,13H2,1H3,(H,22,23,24). The van der Waals surface area contributed by atoms with Gasteiger partial charge in [0.05, 0.1) is 0 Å². The van der Waals surface area contributed by atoms with Gasteiger partial charge in [-0.2, -0.15) is 0 Å². The van der Waals surface area contributed by atoms with Crippen molar-refractivity contribution >= 4 is 29.0 Å². The molecule has 1 aromatic heterocycles. The lowest BCUT2D eigenvalue weighted by atomic mass is 10.2. The van der Waals surface area contributed by atoms with Crippen molar-refractivity contribution < 1.29 is 4.79 Å². The molecule has 1 N–H and O–H groups in total. The van der Waals surface area contributed by atoms with Crippen LogP contribution in [0.3, 0.4) is 0 Å². The van der Waals surface area contributed by atoms with Gasteiger partial charge >= 0.3 is 0 Å². The van der Waals surface area contributed by atoms with E-state index in [1.165, 1.54) is 6.33 Å². The second kappa shape index (κ2) is 8.45. The van der Waals surface area contributed by atoms with Crippen LogP contribution in [0.5, 0.6) is 0 Å². The van der Waals surface area contributed by atoms with Crippen LogP contribution >= 0.6 is 11.6 Å². The average Bonchev–Trinajstić information content (AvgIpc) is 2.68. The molecule has 6 heteroatoms. The Labute approximate surface area is 157 Å². The van der Waals surface area contributed by atoms with Gasteiger partial charge in [-0.1, -0.05) is 41.9 Å². The third-order valence-electron chi connectivity index (χ3n) is 3.89. The second-order valence-corrected chi connectivity index (χ2v) is 6.16. The van der Waals surface area contributed by atoms with Crippen molar-refractivity contribution in [1.29, 1.82) is 0 Å². The number of hydrogen-bond donors (Lipinski definition) is 1. The van der Waals surface area contributed by atoms with Crippen LogP contribution in [0, 0.1) is 0 Å². The number of carbonyl (C=O) groups is 1. The van der Waals surface area contributed by atoms with Crippen LogP contribution < -0.4 is 5.32 Å². The number of rotatable bonds is 6. The number of carbonyl (C=O) groups excluding carboxylic acids is 1. The summed E-state index contributed by atoms with van der Waals surface area (Å²) in [7, 11) is 0. The lowest BCUT2D eigenvalue weighted by molar-refractivity contribution is 0.0746. The van der Waals surface area contributed by atoms with Crippen molar-refractivity contribution in [2.75, 3.05) is 11.9 Å². The van der Waals surface area contributed by atoms with Crippen molar-refractivity contribution in [1.82, 2.24) is 14.9 Å². The molecule has 0 fully saturated rings. The van der Waals surface area contributed by atoms with Gasteiger partial charge in [-0.05, 0) is 36.8 Å². The van der Waals surface area contributed by atoms with E-state index in [4.69, 9.17) is 11.6 Å². The number of amides is 1. The molecular formula is C20H19ClN4O. The number of aromatic nitrogens is 2. The highest BCUT2D eigenvalue weighted by Gasteiger charge is 2.16. The SMILES string of the molecule is CCN(Cc1ccccc1)C(=O)c1cc(Nc2ccc(Cl)cc2)ncn1. The van der Waals surface area contributed by atoms with Crippen LogP contribution in [0.2, 0.25) is 5.02 Å². The van der Waals surface area contributed by atoms with Crippen LogP contribution in [0.1, 0.15) is 23.0 Å². The molecule has 132 valence electrons. The predicted octanol–water partition coefficient (Wildman–Crippen LogP) is 4.54. The molecule has 0 unspecified atom stereocenters. The summed E-state index contributed by atoms with van der Waals surface area (Å²) < 4.78 is 0. The average molecular weight is 367 g/mol. The number of nitrogens with one attached hydrogen (secondary N) is 1. The van der Waals surface area contributed by atoms with Gasteiger partial charge in [0.1, 0.15) is 17.8 Å². The van der Waals surface area contributed by atoms with Crippen molar-refractivity contribution in [2.45, 2.75) is 13.5 Å². The summed E-state index contributed by atoms with van der Waals surface area (Å²) in [6, 6.07) is 18.8. The van der Waals surface area contributed by atoms with Crippen molar-refractivity contribution in [2.24, 2.45) is 0 Å². The number of benzene rings is 2. The molecule has 0 aliphatic carbocycles. The fraction of sp³-hybridized carbons (Fsp3) is 0.150. The van der Waals surface area contributed by atoms with Gasteiger partial charge in [-0.25, -0.2) is 9.97 Å². The largest absolute Gasteiger partial charge is 0.340 e.